The number of likely N-dealkylation sites (tertiary alicyclic amines) is 1. The molecule has 2 rings (SSSR count). The van der Waals surface area contributed by atoms with Crippen molar-refractivity contribution in [3.05, 3.63) is 0 Å². The summed E-state index contributed by atoms with van der Waals surface area (Å²) in [6, 6.07) is -0.481. The molecule has 0 aromatic carbocycles. The summed E-state index contributed by atoms with van der Waals surface area (Å²) in [6.07, 6.45) is 6.82. The monoisotopic (exact) mass is 254 g/mol. The molecule has 1 aliphatic heterocycles. The lowest BCUT2D eigenvalue weighted by Gasteiger charge is -2.41. The number of nitrogens with zero attached hydrogens (tertiary/aromatic N) is 1. The van der Waals surface area contributed by atoms with Gasteiger partial charge in [0.2, 0.25) is 0 Å². The second kappa shape index (κ2) is 6.53. The number of rotatable bonds is 4. The molecule has 2 N–H and O–H groups in total. The van der Waals surface area contributed by atoms with Gasteiger partial charge in [-0.3, -0.25) is 4.79 Å². The molecule has 0 bridgehead atoms. The maximum absolute atomic E-state index is 11.5. The molecule has 4 nitrogen and oxygen atoms in total. The largest absolute Gasteiger partial charge is 0.465 e. The standard InChI is InChI=1S/C14H26N2O2/c1-2-18-14(17)13(15)10-16-8-7-11-5-3-4-6-12(11)9-16/h11-13H,2-10,15H2,1H3. The second-order valence-corrected chi connectivity index (χ2v) is 5.71. The summed E-state index contributed by atoms with van der Waals surface area (Å²) in [4.78, 5) is 13.9. The van der Waals surface area contributed by atoms with Crippen molar-refractivity contribution in [1.82, 2.24) is 4.90 Å². The van der Waals surface area contributed by atoms with E-state index in [9.17, 15) is 4.79 Å². The van der Waals surface area contributed by atoms with E-state index in [2.05, 4.69) is 4.90 Å². The van der Waals surface area contributed by atoms with Crippen LogP contribution in [0.15, 0.2) is 0 Å². The summed E-state index contributed by atoms with van der Waals surface area (Å²) in [6.45, 7) is 5.10. The first-order chi connectivity index (χ1) is 8.70. The molecule has 4 heteroatoms. The van der Waals surface area contributed by atoms with Crippen molar-refractivity contribution in [3.8, 4) is 0 Å². The molecule has 18 heavy (non-hydrogen) atoms. The van der Waals surface area contributed by atoms with Crippen molar-refractivity contribution in [3.63, 3.8) is 0 Å². The van der Waals surface area contributed by atoms with Crippen molar-refractivity contribution in [1.29, 1.82) is 0 Å². The highest BCUT2D eigenvalue weighted by molar-refractivity contribution is 5.75. The maximum Gasteiger partial charge on any atom is 0.324 e. The van der Waals surface area contributed by atoms with E-state index in [1.165, 1.54) is 32.1 Å². The highest BCUT2D eigenvalue weighted by Gasteiger charge is 2.32. The number of esters is 1. The van der Waals surface area contributed by atoms with Crippen molar-refractivity contribution >= 4 is 5.97 Å². The summed E-state index contributed by atoms with van der Waals surface area (Å²) < 4.78 is 4.96. The normalized spacial score (nSPS) is 30.6. The van der Waals surface area contributed by atoms with Crippen molar-refractivity contribution in [2.24, 2.45) is 17.6 Å². The van der Waals surface area contributed by atoms with Gasteiger partial charge in [-0.1, -0.05) is 19.3 Å². The quantitative estimate of drug-likeness (QED) is 0.770. The molecule has 0 aromatic rings. The molecule has 2 fully saturated rings. The summed E-state index contributed by atoms with van der Waals surface area (Å²) in [5.41, 5.74) is 5.89. The predicted octanol–water partition coefficient (Wildman–Crippen LogP) is 1.39. The van der Waals surface area contributed by atoms with Crippen molar-refractivity contribution in [2.45, 2.75) is 45.1 Å². The number of hydrogen-bond donors (Lipinski definition) is 1. The third-order valence-corrected chi connectivity index (χ3v) is 4.42. The van der Waals surface area contributed by atoms with E-state index in [1.807, 2.05) is 6.92 Å². The van der Waals surface area contributed by atoms with Gasteiger partial charge in [-0.2, -0.15) is 0 Å². The first kappa shape index (κ1) is 13.8. The van der Waals surface area contributed by atoms with E-state index >= 15 is 0 Å². The molecule has 1 saturated heterocycles. The SMILES string of the molecule is CCOC(=O)C(N)CN1CCC2CCCCC2C1. The Morgan fingerprint density at radius 3 is 2.78 bits per heavy atom. The first-order valence-electron chi connectivity index (χ1n) is 7.35. The van der Waals surface area contributed by atoms with Gasteiger partial charge in [0.05, 0.1) is 6.61 Å². The van der Waals surface area contributed by atoms with Crippen LogP contribution in [0.25, 0.3) is 0 Å². The zero-order valence-electron chi connectivity index (χ0n) is 11.4. The molecule has 1 heterocycles. The van der Waals surface area contributed by atoms with Crippen LogP contribution in [-0.2, 0) is 9.53 Å². The fraction of sp³-hybridized carbons (Fsp3) is 0.929. The van der Waals surface area contributed by atoms with Crippen LogP contribution in [0.3, 0.4) is 0 Å². The van der Waals surface area contributed by atoms with Gasteiger partial charge in [0.25, 0.3) is 0 Å². The van der Waals surface area contributed by atoms with Crippen molar-refractivity contribution in [2.75, 3.05) is 26.2 Å². The third-order valence-electron chi connectivity index (χ3n) is 4.42. The Morgan fingerprint density at radius 2 is 2.06 bits per heavy atom. The summed E-state index contributed by atoms with van der Waals surface area (Å²) in [5.74, 6) is 1.50. The number of carbonyl (C=O) groups is 1. The van der Waals surface area contributed by atoms with Gasteiger partial charge in [-0.25, -0.2) is 0 Å². The Morgan fingerprint density at radius 1 is 1.33 bits per heavy atom. The average molecular weight is 254 g/mol. The zero-order chi connectivity index (χ0) is 13.0. The number of carbonyl (C=O) groups excluding carboxylic acids is 1. The Hall–Kier alpha value is -0.610. The van der Waals surface area contributed by atoms with E-state index < -0.39 is 6.04 Å². The molecule has 2 aliphatic rings. The summed E-state index contributed by atoms with van der Waals surface area (Å²) in [7, 11) is 0. The van der Waals surface area contributed by atoms with Crippen molar-refractivity contribution < 1.29 is 9.53 Å². The fourth-order valence-electron chi connectivity index (χ4n) is 3.44. The van der Waals surface area contributed by atoms with Crippen LogP contribution in [0, 0.1) is 11.8 Å². The number of hydrogen-bond acceptors (Lipinski definition) is 4. The number of ether oxygens (including phenoxy) is 1. The molecule has 1 aliphatic carbocycles. The fourth-order valence-corrected chi connectivity index (χ4v) is 3.44. The minimum absolute atomic E-state index is 0.261. The van der Waals surface area contributed by atoms with E-state index in [0.717, 1.165) is 24.9 Å². The van der Waals surface area contributed by atoms with E-state index in [4.69, 9.17) is 10.5 Å². The lowest BCUT2D eigenvalue weighted by molar-refractivity contribution is -0.145. The minimum atomic E-state index is -0.481. The van der Waals surface area contributed by atoms with Crippen LogP contribution in [-0.4, -0.2) is 43.2 Å². The molecule has 3 atom stereocenters. The smallest absolute Gasteiger partial charge is 0.324 e. The Kier molecular flexibility index (Phi) is 5.01. The number of nitrogens with two attached hydrogens (primary N) is 1. The van der Waals surface area contributed by atoms with Gasteiger partial charge < -0.3 is 15.4 Å². The van der Waals surface area contributed by atoms with E-state index in [1.54, 1.807) is 0 Å². The van der Waals surface area contributed by atoms with Gasteiger partial charge in [0.15, 0.2) is 0 Å². The van der Waals surface area contributed by atoms with Gasteiger partial charge in [0, 0.05) is 13.1 Å². The zero-order valence-corrected chi connectivity index (χ0v) is 11.4. The maximum atomic E-state index is 11.5. The van der Waals surface area contributed by atoms with Crippen LogP contribution in [0.1, 0.15) is 39.0 Å². The molecule has 1 saturated carbocycles. The summed E-state index contributed by atoms with van der Waals surface area (Å²) in [5, 5.41) is 0. The molecule has 0 amide bonds. The molecule has 104 valence electrons. The highest BCUT2D eigenvalue weighted by Crippen LogP contribution is 2.35. The van der Waals surface area contributed by atoms with Crippen LogP contribution >= 0.6 is 0 Å². The molecule has 3 unspecified atom stereocenters. The second-order valence-electron chi connectivity index (χ2n) is 5.71. The predicted molar refractivity (Wildman–Crippen MR) is 71.1 cm³/mol. The van der Waals surface area contributed by atoms with Crippen LogP contribution in [0.5, 0.6) is 0 Å². The topological polar surface area (TPSA) is 55.6 Å². The Labute approximate surface area is 110 Å². The summed E-state index contributed by atoms with van der Waals surface area (Å²) >= 11 is 0. The molecule has 0 radical (unpaired) electrons. The van der Waals surface area contributed by atoms with E-state index in [0.29, 0.717) is 13.2 Å². The lowest BCUT2D eigenvalue weighted by atomic mass is 9.75. The number of piperidine rings is 1. The Bertz CT molecular complexity index is 283. The minimum Gasteiger partial charge on any atom is -0.465 e. The van der Waals surface area contributed by atoms with Gasteiger partial charge in [-0.15, -0.1) is 0 Å². The molecular weight excluding hydrogens is 228 g/mol. The van der Waals surface area contributed by atoms with Gasteiger partial charge in [-0.05, 0) is 38.1 Å². The van der Waals surface area contributed by atoms with Crippen LogP contribution in [0.4, 0.5) is 0 Å². The average Bonchev–Trinajstić information content (AvgIpc) is 2.39. The lowest BCUT2D eigenvalue weighted by Crippen LogP contribution is -2.49. The molecule has 0 spiro atoms. The third kappa shape index (κ3) is 3.45. The van der Waals surface area contributed by atoms with Gasteiger partial charge in [0.1, 0.15) is 6.04 Å². The highest BCUT2D eigenvalue weighted by atomic mass is 16.5. The Balaban J connectivity index is 1.78. The van der Waals surface area contributed by atoms with E-state index in [-0.39, 0.29) is 5.97 Å². The number of fused-ring (bicyclic) bond motifs is 1. The van der Waals surface area contributed by atoms with Gasteiger partial charge >= 0.3 is 5.97 Å². The first-order valence-corrected chi connectivity index (χ1v) is 7.35. The van der Waals surface area contributed by atoms with Crippen LogP contribution < -0.4 is 5.73 Å². The molecule has 0 aromatic heterocycles. The molecular formula is C14H26N2O2. The van der Waals surface area contributed by atoms with Crippen LogP contribution in [0.2, 0.25) is 0 Å².